The molecule has 0 fully saturated rings. The highest BCUT2D eigenvalue weighted by atomic mass is 16.6. The van der Waals surface area contributed by atoms with Crippen molar-refractivity contribution in [2.75, 3.05) is 7.11 Å². The summed E-state index contributed by atoms with van der Waals surface area (Å²) < 4.78 is 9.70. The zero-order valence-corrected chi connectivity index (χ0v) is 10.6. The van der Waals surface area contributed by atoms with Gasteiger partial charge in [0.25, 0.3) is 0 Å². The van der Waals surface area contributed by atoms with E-state index in [0.717, 1.165) is 25.7 Å². The quantitative estimate of drug-likeness (QED) is 0.630. The SMILES string of the molecule is CCCCC(CC)C(OC(C)=O)C(=O)OC. The van der Waals surface area contributed by atoms with Gasteiger partial charge in [-0.15, -0.1) is 0 Å². The molecule has 0 bridgehead atoms. The van der Waals surface area contributed by atoms with Crippen LogP contribution in [0.3, 0.4) is 0 Å². The van der Waals surface area contributed by atoms with Crippen molar-refractivity contribution < 1.29 is 19.1 Å². The van der Waals surface area contributed by atoms with E-state index in [9.17, 15) is 9.59 Å². The molecular formula is C12H22O4. The molecule has 0 saturated heterocycles. The Morgan fingerprint density at radius 1 is 1.25 bits per heavy atom. The third kappa shape index (κ3) is 5.14. The lowest BCUT2D eigenvalue weighted by Crippen LogP contribution is -2.34. The second kappa shape index (κ2) is 8.13. The Labute approximate surface area is 97.3 Å². The van der Waals surface area contributed by atoms with Crippen LogP contribution in [0.1, 0.15) is 46.5 Å². The minimum Gasteiger partial charge on any atom is -0.466 e. The summed E-state index contributed by atoms with van der Waals surface area (Å²) in [5.41, 5.74) is 0. The fourth-order valence-corrected chi connectivity index (χ4v) is 1.67. The molecule has 0 aliphatic rings. The maximum atomic E-state index is 11.5. The molecule has 0 aromatic carbocycles. The number of unbranched alkanes of at least 4 members (excludes halogenated alkanes) is 1. The van der Waals surface area contributed by atoms with E-state index in [1.54, 1.807) is 0 Å². The van der Waals surface area contributed by atoms with Gasteiger partial charge in [0.2, 0.25) is 6.10 Å². The molecule has 2 atom stereocenters. The molecular weight excluding hydrogens is 208 g/mol. The van der Waals surface area contributed by atoms with Crippen LogP contribution in [-0.2, 0) is 19.1 Å². The van der Waals surface area contributed by atoms with Crippen molar-refractivity contribution in [3.8, 4) is 0 Å². The van der Waals surface area contributed by atoms with Crippen molar-refractivity contribution >= 4 is 11.9 Å². The van der Waals surface area contributed by atoms with Crippen molar-refractivity contribution in [1.29, 1.82) is 0 Å². The van der Waals surface area contributed by atoms with Crippen molar-refractivity contribution in [2.24, 2.45) is 5.92 Å². The standard InChI is InChI=1S/C12H22O4/c1-5-7-8-10(6-2)11(12(14)15-4)16-9(3)13/h10-11H,5-8H2,1-4H3. The molecule has 4 heteroatoms. The average molecular weight is 230 g/mol. The largest absolute Gasteiger partial charge is 0.466 e. The fourth-order valence-electron chi connectivity index (χ4n) is 1.67. The van der Waals surface area contributed by atoms with Crippen LogP contribution in [0.5, 0.6) is 0 Å². The number of esters is 2. The number of hydrogen-bond donors (Lipinski definition) is 0. The molecule has 94 valence electrons. The van der Waals surface area contributed by atoms with Crippen molar-refractivity contribution in [2.45, 2.75) is 52.6 Å². The highest BCUT2D eigenvalue weighted by Crippen LogP contribution is 2.20. The van der Waals surface area contributed by atoms with Crippen molar-refractivity contribution in [1.82, 2.24) is 0 Å². The maximum Gasteiger partial charge on any atom is 0.347 e. The van der Waals surface area contributed by atoms with Crippen molar-refractivity contribution in [3.05, 3.63) is 0 Å². The highest BCUT2D eigenvalue weighted by molar-refractivity contribution is 5.78. The molecule has 0 spiro atoms. The Balaban J connectivity index is 4.54. The number of methoxy groups -OCH3 is 1. The molecule has 0 saturated carbocycles. The lowest BCUT2D eigenvalue weighted by molar-refractivity contribution is -0.169. The molecule has 0 amide bonds. The van der Waals surface area contributed by atoms with E-state index in [2.05, 4.69) is 11.7 Å². The van der Waals surface area contributed by atoms with E-state index >= 15 is 0 Å². The van der Waals surface area contributed by atoms with Gasteiger partial charge >= 0.3 is 11.9 Å². The molecule has 0 aromatic heterocycles. The topological polar surface area (TPSA) is 52.6 Å². The van der Waals surface area contributed by atoms with E-state index in [4.69, 9.17) is 4.74 Å². The summed E-state index contributed by atoms with van der Waals surface area (Å²) in [6, 6.07) is 0. The van der Waals surface area contributed by atoms with E-state index < -0.39 is 18.0 Å². The Kier molecular flexibility index (Phi) is 7.60. The molecule has 0 radical (unpaired) electrons. The summed E-state index contributed by atoms with van der Waals surface area (Å²) in [5, 5.41) is 0. The lowest BCUT2D eigenvalue weighted by atomic mass is 9.93. The Morgan fingerprint density at radius 3 is 2.25 bits per heavy atom. The van der Waals surface area contributed by atoms with Gasteiger partial charge in [0.15, 0.2) is 0 Å². The van der Waals surface area contributed by atoms with Crippen LogP contribution in [0.4, 0.5) is 0 Å². The minimum atomic E-state index is -0.751. The molecule has 2 unspecified atom stereocenters. The smallest absolute Gasteiger partial charge is 0.347 e. The lowest BCUT2D eigenvalue weighted by Gasteiger charge is -2.23. The molecule has 0 N–H and O–H groups in total. The van der Waals surface area contributed by atoms with Gasteiger partial charge in [0, 0.05) is 12.8 Å². The molecule has 0 aliphatic carbocycles. The van der Waals surface area contributed by atoms with Crippen LogP contribution in [0, 0.1) is 5.92 Å². The summed E-state index contributed by atoms with van der Waals surface area (Å²) in [5.74, 6) is -0.847. The van der Waals surface area contributed by atoms with Gasteiger partial charge in [-0.3, -0.25) is 4.79 Å². The second-order valence-electron chi connectivity index (χ2n) is 3.86. The summed E-state index contributed by atoms with van der Waals surface area (Å²) >= 11 is 0. The van der Waals surface area contributed by atoms with Gasteiger partial charge in [-0.2, -0.15) is 0 Å². The minimum absolute atomic E-state index is 0.0521. The van der Waals surface area contributed by atoms with Gasteiger partial charge in [0.05, 0.1) is 7.11 Å². The Bertz CT molecular complexity index is 225. The van der Waals surface area contributed by atoms with E-state index in [0.29, 0.717) is 0 Å². The van der Waals surface area contributed by atoms with Gasteiger partial charge in [-0.1, -0.05) is 26.7 Å². The molecule has 0 aliphatic heterocycles. The van der Waals surface area contributed by atoms with E-state index in [-0.39, 0.29) is 5.92 Å². The van der Waals surface area contributed by atoms with Crippen molar-refractivity contribution in [3.63, 3.8) is 0 Å². The van der Waals surface area contributed by atoms with Gasteiger partial charge in [0.1, 0.15) is 0 Å². The summed E-state index contributed by atoms with van der Waals surface area (Å²) in [6.07, 6.45) is 3.00. The molecule has 16 heavy (non-hydrogen) atoms. The van der Waals surface area contributed by atoms with Crippen LogP contribution in [0.15, 0.2) is 0 Å². The Hall–Kier alpha value is -1.06. The zero-order valence-electron chi connectivity index (χ0n) is 10.6. The third-order valence-electron chi connectivity index (χ3n) is 2.61. The summed E-state index contributed by atoms with van der Waals surface area (Å²) in [6.45, 7) is 5.38. The third-order valence-corrected chi connectivity index (χ3v) is 2.61. The van der Waals surface area contributed by atoms with E-state index in [1.165, 1.54) is 14.0 Å². The first-order valence-electron chi connectivity index (χ1n) is 5.81. The van der Waals surface area contributed by atoms with Crippen LogP contribution in [-0.4, -0.2) is 25.2 Å². The predicted octanol–water partition coefficient (Wildman–Crippen LogP) is 2.31. The second-order valence-corrected chi connectivity index (χ2v) is 3.86. The van der Waals surface area contributed by atoms with Crippen LogP contribution in [0.2, 0.25) is 0 Å². The zero-order chi connectivity index (χ0) is 12.6. The number of carbonyl (C=O) groups is 2. The van der Waals surface area contributed by atoms with Crippen LogP contribution >= 0.6 is 0 Å². The van der Waals surface area contributed by atoms with Gasteiger partial charge in [-0.25, -0.2) is 4.79 Å². The van der Waals surface area contributed by atoms with Gasteiger partial charge < -0.3 is 9.47 Å². The van der Waals surface area contributed by atoms with Crippen LogP contribution in [0.25, 0.3) is 0 Å². The first kappa shape index (κ1) is 14.9. The normalized spacial score (nSPS) is 14.0. The summed E-state index contributed by atoms with van der Waals surface area (Å²) in [4.78, 5) is 22.5. The molecule has 0 rings (SSSR count). The number of rotatable bonds is 7. The Morgan fingerprint density at radius 2 is 1.88 bits per heavy atom. The average Bonchev–Trinajstić information content (AvgIpc) is 2.27. The molecule has 0 heterocycles. The fraction of sp³-hybridized carbons (Fsp3) is 0.833. The predicted molar refractivity (Wildman–Crippen MR) is 60.9 cm³/mol. The monoisotopic (exact) mass is 230 g/mol. The highest BCUT2D eigenvalue weighted by Gasteiger charge is 2.30. The summed E-state index contributed by atoms with van der Waals surface area (Å²) in [7, 11) is 1.31. The van der Waals surface area contributed by atoms with E-state index in [1.807, 2.05) is 6.92 Å². The molecule has 4 nitrogen and oxygen atoms in total. The first-order chi connectivity index (χ1) is 7.56. The first-order valence-corrected chi connectivity index (χ1v) is 5.81. The van der Waals surface area contributed by atoms with Gasteiger partial charge in [-0.05, 0) is 12.8 Å². The number of hydrogen-bond acceptors (Lipinski definition) is 4. The maximum absolute atomic E-state index is 11.5. The molecule has 0 aromatic rings. The number of carbonyl (C=O) groups excluding carboxylic acids is 2. The van der Waals surface area contributed by atoms with Crippen LogP contribution < -0.4 is 0 Å². The number of ether oxygens (including phenoxy) is 2.